The molecule has 0 saturated heterocycles. The Morgan fingerprint density at radius 1 is 0.700 bits per heavy atom. The van der Waals surface area contributed by atoms with Crippen LogP contribution in [0.3, 0.4) is 0 Å². The van der Waals surface area contributed by atoms with Crippen LogP contribution in [0.15, 0.2) is 0 Å². The van der Waals surface area contributed by atoms with Crippen molar-refractivity contribution in [3.05, 3.63) is 0 Å². The SMILES string of the molecule is CCCCCCCCCCCCCCCC(=O)C=O.[NaH]. The van der Waals surface area contributed by atoms with Crippen molar-refractivity contribution >= 4 is 41.6 Å². The van der Waals surface area contributed by atoms with Crippen LogP contribution >= 0.6 is 0 Å². The molecule has 114 valence electrons. The molecule has 0 heterocycles. The van der Waals surface area contributed by atoms with Gasteiger partial charge < -0.3 is 0 Å². The van der Waals surface area contributed by atoms with Crippen LogP contribution in [-0.2, 0) is 9.59 Å². The minimum absolute atomic E-state index is 0. The van der Waals surface area contributed by atoms with Gasteiger partial charge in [-0.15, -0.1) is 0 Å². The molecule has 0 aliphatic carbocycles. The predicted octanol–water partition coefficient (Wildman–Crippen LogP) is 4.59. The molecule has 3 heteroatoms. The Morgan fingerprint density at radius 3 is 1.40 bits per heavy atom. The fourth-order valence-electron chi connectivity index (χ4n) is 2.38. The van der Waals surface area contributed by atoms with Gasteiger partial charge in [-0.1, -0.05) is 84.0 Å². The predicted molar refractivity (Wildman–Crippen MR) is 88.5 cm³/mol. The summed E-state index contributed by atoms with van der Waals surface area (Å²) in [5.74, 6) is -0.247. The standard InChI is InChI=1S/C17H32O2.Na.H/c1-2-3-4-5-6-7-8-9-10-11-12-13-14-15-17(19)16-18;;/h16H,2-15H2,1H3;;. The molecule has 0 aromatic heterocycles. The van der Waals surface area contributed by atoms with Crippen LogP contribution in [0.1, 0.15) is 96.8 Å². The topological polar surface area (TPSA) is 34.1 Å². The third kappa shape index (κ3) is 18.3. The van der Waals surface area contributed by atoms with Gasteiger partial charge in [0.05, 0.1) is 0 Å². The molecule has 0 aliphatic heterocycles. The summed E-state index contributed by atoms with van der Waals surface area (Å²) < 4.78 is 0. The van der Waals surface area contributed by atoms with E-state index in [0.717, 1.165) is 12.8 Å². The van der Waals surface area contributed by atoms with Crippen LogP contribution in [0.2, 0.25) is 0 Å². The van der Waals surface area contributed by atoms with Crippen LogP contribution in [0.4, 0.5) is 0 Å². The number of Topliss-reactive ketones (excluding diaryl/α,β-unsaturated/α-hetero) is 1. The molecule has 0 atom stereocenters. The van der Waals surface area contributed by atoms with Gasteiger partial charge >= 0.3 is 29.6 Å². The van der Waals surface area contributed by atoms with E-state index in [4.69, 9.17) is 0 Å². The monoisotopic (exact) mass is 292 g/mol. The molecule has 0 radical (unpaired) electrons. The molecule has 20 heavy (non-hydrogen) atoms. The van der Waals surface area contributed by atoms with Crippen LogP contribution in [-0.4, -0.2) is 41.6 Å². The molecular formula is C17H33NaO2. The van der Waals surface area contributed by atoms with Crippen LogP contribution in [0.25, 0.3) is 0 Å². The summed E-state index contributed by atoms with van der Waals surface area (Å²) in [5.41, 5.74) is 0. The van der Waals surface area contributed by atoms with Gasteiger partial charge in [0.1, 0.15) is 0 Å². The van der Waals surface area contributed by atoms with E-state index in [-0.39, 0.29) is 35.3 Å². The molecule has 0 bridgehead atoms. The van der Waals surface area contributed by atoms with Crippen molar-refractivity contribution in [2.45, 2.75) is 96.8 Å². The normalized spacial score (nSPS) is 10.1. The Kier molecular flexibility index (Phi) is 21.9. The Labute approximate surface area is 147 Å². The second-order valence-corrected chi connectivity index (χ2v) is 5.58. The van der Waals surface area contributed by atoms with E-state index in [1.54, 1.807) is 0 Å². The van der Waals surface area contributed by atoms with E-state index in [9.17, 15) is 9.59 Å². The zero-order chi connectivity index (χ0) is 14.2. The van der Waals surface area contributed by atoms with Crippen molar-refractivity contribution in [1.29, 1.82) is 0 Å². The second kappa shape index (κ2) is 19.3. The fraction of sp³-hybridized carbons (Fsp3) is 0.882. The molecular weight excluding hydrogens is 259 g/mol. The Balaban J connectivity index is 0. The summed E-state index contributed by atoms with van der Waals surface area (Å²) in [4.78, 5) is 20.8. The van der Waals surface area contributed by atoms with Crippen molar-refractivity contribution in [2.75, 3.05) is 0 Å². The summed E-state index contributed by atoms with van der Waals surface area (Å²) in [6, 6.07) is 0. The Hall–Kier alpha value is 0.340. The zero-order valence-electron chi connectivity index (χ0n) is 12.8. The first-order valence-electron chi connectivity index (χ1n) is 8.29. The Bertz CT molecular complexity index is 217. The molecule has 0 rings (SSSR count). The number of rotatable bonds is 15. The maximum atomic E-state index is 10.7. The molecule has 0 N–H and O–H groups in total. The van der Waals surface area contributed by atoms with Crippen LogP contribution in [0, 0.1) is 0 Å². The number of unbranched alkanes of at least 4 members (excludes halogenated alkanes) is 12. The third-order valence-corrected chi connectivity index (χ3v) is 3.66. The molecule has 0 aliphatic rings. The molecule has 2 nitrogen and oxygen atoms in total. The molecule has 0 saturated carbocycles. The van der Waals surface area contributed by atoms with Gasteiger partial charge in [0.2, 0.25) is 0 Å². The van der Waals surface area contributed by atoms with E-state index >= 15 is 0 Å². The van der Waals surface area contributed by atoms with Gasteiger partial charge in [0.15, 0.2) is 12.1 Å². The second-order valence-electron chi connectivity index (χ2n) is 5.58. The van der Waals surface area contributed by atoms with Crippen molar-refractivity contribution in [2.24, 2.45) is 0 Å². The van der Waals surface area contributed by atoms with Gasteiger partial charge in [-0.25, -0.2) is 0 Å². The molecule has 0 unspecified atom stereocenters. The van der Waals surface area contributed by atoms with E-state index in [1.807, 2.05) is 0 Å². The number of aldehydes is 1. The van der Waals surface area contributed by atoms with Gasteiger partial charge in [-0.05, 0) is 6.42 Å². The molecule has 0 spiro atoms. The molecule has 0 amide bonds. The number of hydrogen-bond acceptors (Lipinski definition) is 2. The quantitative estimate of drug-likeness (QED) is 0.191. The molecule has 0 aromatic carbocycles. The zero-order valence-corrected chi connectivity index (χ0v) is 12.8. The summed E-state index contributed by atoms with van der Waals surface area (Å²) in [5, 5.41) is 0. The number of ketones is 1. The van der Waals surface area contributed by atoms with Crippen LogP contribution in [0.5, 0.6) is 0 Å². The first kappa shape index (κ1) is 22.6. The van der Waals surface area contributed by atoms with Gasteiger partial charge in [0.25, 0.3) is 0 Å². The number of hydrogen-bond donors (Lipinski definition) is 0. The number of carbonyl (C=O) groups is 2. The summed E-state index contributed by atoms with van der Waals surface area (Å²) >= 11 is 0. The van der Waals surface area contributed by atoms with Gasteiger partial charge in [-0.2, -0.15) is 0 Å². The average Bonchev–Trinajstić information content (AvgIpc) is 2.43. The van der Waals surface area contributed by atoms with Crippen molar-refractivity contribution in [3.8, 4) is 0 Å². The van der Waals surface area contributed by atoms with Gasteiger partial charge in [0, 0.05) is 6.42 Å². The van der Waals surface area contributed by atoms with Crippen LogP contribution < -0.4 is 0 Å². The first-order valence-corrected chi connectivity index (χ1v) is 8.29. The van der Waals surface area contributed by atoms with E-state index in [1.165, 1.54) is 70.6 Å². The van der Waals surface area contributed by atoms with E-state index < -0.39 is 0 Å². The average molecular weight is 292 g/mol. The van der Waals surface area contributed by atoms with E-state index in [2.05, 4.69) is 6.92 Å². The van der Waals surface area contributed by atoms with E-state index in [0.29, 0.717) is 12.7 Å². The van der Waals surface area contributed by atoms with Crippen molar-refractivity contribution < 1.29 is 9.59 Å². The van der Waals surface area contributed by atoms with Crippen molar-refractivity contribution in [3.63, 3.8) is 0 Å². The summed E-state index contributed by atoms with van der Waals surface area (Å²) in [7, 11) is 0. The third-order valence-electron chi connectivity index (χ3n) is 3.66. The summed E-state index contributed by atoms with van der Waals surface area (Å²) in [6.07, 6.45) is 17.8. The minimum atomic E-state index is -0.247. The Morgan fingerprint density at radius 2 is 1.05 bits per heavy atom. The fourth-order valence-corrected chi connectivity index (χ4v) is 2.38. The van der Waals surface area contributed by atoms with Gasteiger partial charge in [-0.3, -0.25) is 9.59 Å². The number of carbonyl (C=O) groups excluding carboxylic acids is 2. The molecule has 0 fully saturated rings. The summed E-state index contributed by atoms with van der Waals surface area (Å²) in [6.45, 7) is 2.26. The first-order chi connectivity index (χ1) is 9.31. The molecule has 0 aromatic rings. The van der Waals surface area contributed by atoms with Crippen molar-refractivity contribution in [1.82, 2.24) is 0 Å². The maximum absolute atomic E-state index is 10.7.